The van der Waals surface area contributed by atoms with Crippen molar-refractivity contribution in [2.75, 3.05) is 32.1 Å². The van der Waals surface area contributed by atoms with Gasteiger partial charge in [0, 0.05) is 43.5 Å². The molecule has 0 spiro atoms. The molecule has 0 aromatic heterocycles. The van der Waals surface area contributed by atoms with Crippen molar-refractivity contribution in [3.63, 3.8) is 0 Å². The van der Waals surface area contributed by atoms with Gasteiger partial charge in [-0.2, -0.15) is 0 Å². The number of nitrogens with one attached hydrogen (secondary N) is 3. The number of fused-ring (bicyclic) bond motifs is 1. The van der Waals surface area contributed by atoms with Gasteiger partial charge in [-0.05, 0) is 24.6 Å². The molecular formula is C19H21N5O5. The quantitative estimate of drug-likeness (QED) is 0.373. The summed E-state index contributed by atoms with van der Waals surface area (Å²) in [6.07, 6.45) is 1.42. The van der Waals surface area contributed by atoms with Crippen LogP contribution in [0.2, 0.25) is 0 Å². The molecule has 5 amide bonds. The van der Waals surface area contributed by atoms with Crippen molar-refractivity contribution < 1.29 is 23.9 Å². The van der Waals surface area contributed by atoms with E-state index in [0.29, 0.717) is 23.2 Å². The summed E-state index contributed by atoms with van der Waals surface area (Å²) in [5.41, 5.74) is 2.26. The topological polar surface area (TPSA) is 120 Å². The predicted molar refractivity (Wildman–Crippen MR) is 105 cm³/mol. The molecule has 2 aliphatic heterocycles. The van der Waals surface area contributed by atoms with Gasteiger partial charge in [0.15, 0.2) is 0 Å². The van der Waals surface area contributed by atoms with Crippen LogP contribution in [0.25, 0.3) is 5.70 Å². The Bertz CT molecular complexity index is 919. The fraction of sp³-hybridized carbons (Fsp3) is 0.263. The van der Waals surface area contributed by atoms with E-state index in [9.17, 15) is 19.2 Å². The molecule has 1 fully saturated rings. The van der Waals surface area contributed by atoms with E-state index in [4.69, 9.17) is 4.74 Å². The van der Waals surface area contributed by atoms with E-state index in [1.165, 1.54) is 4.90 Å². The first-order valence-electron chi connectivity index (χ1n) is 8.88. The lowest BCUT2D eigenvalue weighted by Gasteiger charge is -2.25. The Morgan fingerprint density at radius 3 is 2.45 bits per heavy atom. The molecular weight excluding hydrogens is 378 g/mol. The van der Waals surface area contributed by atoms with Crippen molar-refractivity contribution in [3.8, 4) is 0 Å². The van der Waals surface area contributed by atoms with E-state index >= 15 is 0 Å². The van der Waals surface area contributed by atoms with Gasteiger partial charge in [-0.1, -0.05) is 6.58 Å². The van der Waals surface area contributed by atoms with Crippen LogP contribution >= 0.6 is 0 Å². The number of amides is 5. The number of hydrogen-bond donors (Lipinski definition) is 3. The standard InChI is InChI=1S/C19H21N5O5/c1-4-14(25)29-9-5-8-24-15(16-20-18(27)22-19(28)21-16)13-10-11(23(2)3)6-7-12(13)17(24)26/h4,6-7,10H,1,5,8-9H2,2-3H3,(H3,20,21,22,27,28). The van der Waals surface area contributed by atoms with Gasteiger partial charge in [-0.25, -0.2) is 14.4 Å². The summed E-state index contributed by atoms with van der Waals surface area (Å²) in [6.45, 7) is 3.64. The number of urea groups is 2. The first-order valence-corrected chi connectivity index (χ1v) is 8.88. The zero-order chi connectivity index (χ0) is 21.1. The number of nitrogens with zero attached hydrogens (tertiary/aromatic N) is 2. The summed E-state index contributed by atoms with van der Waals surface area (Å²) in [6, 6.07) is 3.94. The van der Waals surface area contributed by atoms with Crippen molar-refractivity contribution in [2.24, 2.45) is 0 Å². The number of ether oxygens (including phenoxy) is 1. The Hall–Kier alpha value is -3.82. The highest BCUT2D eigenvalue weighted by Crippen LogP contribution is 2.36. The third kappa shape index (κ3) is 4.05. The van der Waals surface area contributed by atoms with Gasteiger partial charge in [0.25, 0.3) is 5.91 Å². The van der Waals surface area contributed by atoms with Gasteiger partial charge in [0.1, 0.15) is 5.82 Å². The molecule has 1 saturated heterocycles. The number of carbonyl (C=O) groups excluding carboxylic acids is 4. The first kappa shape index (κ1) is 19.9. The molecule has 1 aromatic rings. The van der Waals surface area contributed by atoms with Crippen LogP contribution < -0.4 is 20.9 Å². The zero-order valence-corrected chi connectivity index (χ0v) is 16.1. The third-order valence-electron chi connectivity index (χ3n) is 4.40. The Kier molecular flexibility index (Phi) is 5.53. The van der Waals surface area contributed by atoms with E-state index in [1.54, 1.807) is 6.07 Å². The molecule has 3 rings (SSSR count). The van der Waals surface area contributed by atoms with Gasteiger partial charge >= 0.3 is 18.0 Å². The Balaban J connectivity index is 1.97. The summed E-state index contributed by atoms with van der Waals surface area (Å²) in [5, 5.41) is 7.15. The Morgan fingerprint density at radius 1 is 1.14 bits per heavy atom. The van der Waals surface area contributed by atoms with E-state index in [0.717, 1.165) is 11.8 Å². The minimum Gasteiger partial charge on any atom is -0.462 e. The second-order valence-corrected chi connectivity index (χ2v) is 6.56. The van der Waals surface area contributed by atoms with Gasteiger partial charge in [0.2, 0.25) is 0 Å². The lowest BCUT2D eigenvalue weighted by atomic mass is 10.1. The maximum absolute atomic E-state index is 13.0. The second kappa shape index (κ2) is 8.05. The maximum atomic E-state index is 13.0. The molecule has 10 heteroatoms. The van der Waals surface area contributed by atoms with Gasteiger partial charge in [0.05, 0.1) is 12.3 Å². The number of imide groups is 1. The fourth-order valence-electron chi connectivity index (χ4n) is 3.06. The van der Waals surface area contributed by atoms with Crippen LogP contribution in [0.5, 0.6) is 0 Å². The summed E-state index contributed by atoms with van der Waals surface area (Å²) in [7, 11) is 3.73. The first-order chi connectivity index (χ1) is 13.8. The van der Waals surface area contributed by atoms with Crippen molar-refractivity contribution in [1.29, 1.82) is 0 Å². The number of anilines is 1. The SMILES string of the molecule is C=CC(=O)OCCCN1C(=O)c2ccc(N(C)C)cc2C1=C1NC(=O)NC(=O)N1. The largest absolute Gasteiger partial charge is 0.462 e. The minimum absolute atomic E-state index is 0.0941. The number of rotatable bonds is 6. The van der Waals surface area contributed by atoms with Gasteiger partial charge < -0.3 is 14.5 Å². The monoisotopic (exact) mass is 399 g/mol. The highest BCUT2D eigenvalue weighted by molar-refractivity contribution is 6.11. The normalized spacial score (nSPS) is 15.4. The van der Waals surface area contributed by atoms with Crippen molar-refractivity contribution >= 4 is 35.3 Å². The Labute approximate surface area is 167 Å². The molecule has 0 saturated carbocycles. The molecule has 0 radical (unpaired) electrons. The predicted octanol–water partition coefficient (Wildman–Crippen LogP) is 0.976. The van der Waals surface area contributed by atoms with E-state index < -0.39 is 18.0 Å². The van der Waals surface area contributed by atoms with Crippen LogP contribution in [-0.4, -0.2) is 56.1 Å². The molecule has 3 N–H and O–H groups in total. The maximum Gasteiger partial charge on any atom is 0.330 e. The van der Waals surface area contributed by atoms with Crippen LogP contribution in [0.3, 0.4) is 0 Å². The van der Waals surface area contributed by atoms with Crippen LogP contribution in [-0.2, 0) is 9.53 Å². The lowest BCUT2D eigenvalue weighted by molar-refractivity contribution is -0.137. The van der Waals surface area contributed by atoms with E-state index in [2.05, 4.69) is 22.5 Å². The van der Waals surface area contributed by atoms with Crippen molar-refractivity contribution in [1.82, 2.24) is 20.9 Å². The van der Waals surface area contributed by atoms with Crippen molar-refractivity contribution in [2.45, 2.75) is 6.42 Å². The lowest BCUT2D eigenvalue weighted by Crippen LogP contribution is -2.54. The molecule has 1 aromatic carbocycles. The van der Waals surface area contributed by atoms with Crippen LogP contribution in [0.4, 0.5) is 15.3 Å². The number of benzene rings is 1. The van der Waals surface area contributed by atoms with Crippen LogP contribution in [0.15, 0.2) is 36.7 Å². The molecule has 0 bridgehead atoms. The molecule has 2 heterocycles. The average molecular weight is 399 g/mol. The third-order valence-corrected chi connectivity index (χ3v) is 4.40. The number of hydrogen-bond acceptors (Lipinski definition) is 6. The molecule has 0 atom stereocenters. The van der Waals surface area contributed by atoms with Crippen LogP contribution in [0.1, 0.15) is 22.3 Å². The number of esters is 1. The summed E-state index contributed by atoms with van der Waals surface area (Å²) in [5.74, 6) is -0.706. The van der Waals surface area contributed by atoms with Gasteiger partial charge in [-0.15, -0.1) is 0 Å². The zero-order valence-electron chi connectivity index (χ0n) is 16.1. The molecule has 10 nitrogen and oxygen atoms in total. The minimum atomic E-state index is -0.694. The summed E-state index contributed by atoms with van der Waals surface area (Å²) < 4.78 is 4.96. The molecule has 2 aliphatic rings. The fourth-order valence-corrected chi connectivity index (χ4v) is 3.06. The molecule has 0 aliphatic carbocycles. The highest BCUT2D eigenvalue weighted by atomic mass is 16.5. The summed E-state index contributed by atoms with van der Waals surface area (Å²) >= 11 is 0. The van der Waals surface area contributed by atoms with E-state index in [-0.39, 0.29) is 24.9 Å². The molecule has 29 heavy (non-hydrogen) atoms. The summed E-state index contributed by atoms with van der Waals surface area (Å²) in [4.78, 5) is 51.1. The van der Waals surface area contributed by atoms with Crippen LogP contribution in [0, 0.1) is 0 Å². The van der Waals surface area contributed by atoms with Crippen molar-refractivity contribution in [3.05, 3.63) is 47.8 Å². The van der Waals surface area contributed by atoms with E-state index in [1.807, 2.05) is 31.1 Å². The number of carbonyl (C=O) groups is 4. The Morgan fingerprint density at radius 2 is 1.83 bits per heavy atom. The highest BCUT2D eigenvalue weighted by Gasteiger charge is 2.36. The second-order valence-electron chi connectivity index (χ2n) is 6.56. The average Bonchev–Trinajstić information content (AvgIpc) is 2.95. The molecule has 152 valence electrons. The van der Waals surface area contributed by atoms with Gasteiger partial charge in [-0.3, -0.25) is 20.7 Å². The molecule has 0 unspecified atom stereocenters. The smallest absolute Gasteiger partial charge is 0.330 e.